The van der Waals surface area contributed by atoms with E-state index in [-0.39, 0.29) is 0 Å². The molecule has 2 aliphatic rings. The molecule has 2 heterocycles. The van der Waals surface area contributed by atoms with Gasteiger partial charge in [0.05, 0.1) is 13.2 Å². The molecule has 0 spiro atoms. The van der Waals surface area contributed by atoms with Gasteiger partial charge in [0.25, 0.3) is 10.2 Å². The minimum absolute atomic E-state index is 0.477. The van der Waals surface area contributed by atoms with E-state index in [2.05, 4.69) is 5.32 Å². The zero-order chi connectivity index (χ0) is 13.7. The van der Waals surface area contributed by atoms with Gasteiger partial charge in [-0.05, 0) is 31.8 Å². The zero-order valence-electron chi connectivity index (χ0n) is 11.7. The van der Waals surface area contributed by atoms with Crippen molar-refractivity contribution in [2.45, 2.75) is 19.8 Å². The van der Waals surface area contributed by atoms with E-state index in [0.717, 1.165) is 25.9 Å². The van der Waals surface area contributed by atoms with Crippen molar-refractivity contribution in [3.63, 3.8) is 0 Å². The summed E-state index contributed by atoms with van der Waals surface area (Å²) in [6.45, 7) is 7.07. The van der Waals surface area contributed by atoms with Crippen LogP contribution in [-0.4, -0.2) is 69.5 Å². The lowest BCUT2D eigenvalue weighted by Gasteiger charge is -2.34. The molecule has 2 rings (SSSR count). The van der Waals surface area contributed by atoms with E-state index in [1.165, 1.54) is 0 Å². The molecular weight excluding hydrogens is 266 g/mol. The number of hydrogen-bond acceptors (Lipinski definition) is 4. The molecule has 0 aromatic carbocycles. The number of ether oxygens (including phenoxy) is 1. The van der Waals surface area contributed by atoms with Gasteiger partial charge in [-0.2, -0.15) is 17.0 Å². The average Bonchev–Trinajstić information content (AvgIpc) is 2.46. The van der Waals surface area contributed by atoms with E-state index in [9.17, 15) is 8.42 Å². The van der Waals surface area contributed by atoms with E-state index in [4.69, 9.17) is 4.74 Å². The molecule has 7 heteroatoms. The first-order chi connectivity index (χ1) is 9.14. The highest BCUT2D eigenvalue weighted by atomic mass is 32.2. The van der Waals surface area contributed by atoms with Crippen molar-refractivity contribution in [1.82, 2.24) is 13.9 Å². The van der Waals surface area contributed by atoms with Crippen molar-refractivity contribution >= 4 is 10.2 Å². The highest BCUT2D eigenvalue weighted by Crippen LogP contribution is 2.18. The summed E-state index contributed by atoms with van der Waals surface area (Å²) in [5.41, 5.74) is 0. The molecule has 2 fully saturated rings. The van der Waals surface area contributed by atoms with Crippen LogP contribution in [0.4, 0.5) is 0 Å². The van der Waals surface area contributed by atoms with Crippen LogP contribution in [0, 0.1) is 5.92 Å². The summed E-state index contributed by atoms with van der Waals surface area (Å²) in [5, 5.41) is 3.31. The third-order valence-electron chi connectivity index (χ3n) is 3.90. The average molecular weight is 291 g/mol. The Balaban J connectivity index is 1.98. The molecular formula is C12H25N3O3S. The topological polar surface area (TPSA) is 61.9 Å². The third-order valence-corrected chi connectivity index (χ3v) is 5.97. The standard InChI is InChI=1S/C12H25N3O3S/c1-2-14(11-12-3-5-13-6-4-12)19(16,17)15-7-9-18-10-8-15/h12-13H,2-11H2,1H3. The summed E-state index contributed by atoms with van der Waals surface area (Å²) in [4.78, 5) is 0. The smallest absolute Gasteiger partial charge is 0.282 e. The molecule has 0 atom stereocenters. The van der Waals surface area contributed by atoms with Crippen molar-refractivity contribution in [2.75, 3.05) is 52.5 Å². The number of piperidine rings is 1. The molecule has 0 saturated carbocycles. The first kappa shape index (κ1) is 15.2. The SMILES string of the molecule is CCN(CC1CCNCC1)S(=O)(=O)N1CCOCC1. The van der Waals surface area contributed by atoms with Crippen LogP contribution in [0.15, 0.2) is 0 Å². The van der Waals surface area contributed by atoms with Crippen molar-refractivity contribution in [2.24, 2.45) is 5.92 Å². The van der Waals surface area contributed by atoms with Gasteiger partial charge >= 0.3 is 0 Å². The Morgan fingerprint density at radius 3 is 2.47 bits per heavy atom. The van der Waals surface area contributed by atoms with Crippen LogP contribution in [-0.2, 0) is 14.9 Å². The van der Waals surface area contributed by atoms with Gasteiger partial charge in [0.15, 0.2) is 0 Å². The Bertz CT molecular complexity index is 362. The molecule has 0 unspecified atom stereocenters. The van der Waals surface area contributed by atoms with Crippen LogP contribution >= 0.6 is 0 Å². The Hall–Kier alpha value is -0.210. The van der Waals surface area contributed by atoms with E-state index in [1.807, 2.05) is 6.92 Å². The summed E-state index contributed by atoms with van der Waals surface area (Å²) in [7, 11) is -3.31. The van der Waals surface area contributed by atoms with Crippen LogP contribution in [0.1, 0.15) is 19.8 Å². The highest BCUT2D eigenvalue weighted by molar-refractivity contribution is 7.86. The fourth-order valence-corrected chi connectivity index (χ4v) is 4.34. The fraction of sp³-hybridized carbons (Fsp3) is 1.00. The lowest BCUT2D eigenvalue weighted by Crippen LogP contribution is -2.50. The Kier molecular flexibility index (Phi) is 5.58. The molecule has 0 aromatic heterocycles. The molecule has 1 N–H and O–H groups in total. The maximum atomic E-state index is 12.6. The van der Waals surface area contributed by atoms with Crippen LogP contribution in [0.5, 0.6) is 0 Å². The summed E-state index contributed by atoms with van der Waals surface area (Å²) in [6, 6.07) is 0. The third kappa shape index (κ3) is 3.88. The van der Waals surface area contributed by atoms with Gasteiger partial charge in [-0.1, -0.05) is 6.92 Å². The minimum atomic E-state index is -3.31. The van der Waals surface area contributed by atoms with Gasteiger partial charge in [-0.3, -0.25) is 0 Å². The lowest BCUT2D eigenvalue weighted by atomic mass is 9.98. The van der Waals surface area contributed by atoms with Crippen molar-refractivity contribution in [3.05, 3.63) is 0 Å². The summed E-state index contributed by atoms with van der Waals surface area (Å²) in [5.74, 6) is 0.483. The Labute approximate surface area is 116 Å². The van der Waals surface area contributed by atoms with Gasteiger partial charge in [-0.25, -0.2) is 0 Å². The molecule has 0 amide bonds. The molecule has 2 aliphatic heterocycles. The monoisotopic (exact) mass is 291 g/mol. The van der Waals surface area contributed by atoms with Gasteiger partial charge in [0.2, 0.25) is 0 Å². The fourth-order valence-electron chi connectivity index (χ4n) is 2.68. The zero-order valence-corrected chi connectivity index (χ0v) is 12.5. The van der Waals surface area contributed by atoms with Crippen molar-refractivity contribution < 1.29 is 13.2 Å². The second kappa shape index (κ2) is 6.99. The Morgan fingerprint density at radius 1 is 1.26 bits per heavy atom. The number of nitrogens with one attached hydrogen (secondary N) is 1. The van der Waals surface area contributed by atoms with E-state index in [1.54, 1.807) is 8.61 Å². The first-order valence-corrected chi connectivity index (χ1v) is 8.58. The van der Waals surface area contributed by atoms with E-state index in [0.29, 0.717) is 45.3 Å². The quantitative estimate of drug-likeness (QED) is 0.767. The summed E-state index contributed by atoms with van der Waals surface area (Å²) < 4.78 is 33.6. The molecule has 0 radical (unpaired) electrons. The minimum Gasteiger partial charge on any atom is -0.379 e. The lowest BCUT2D eigenvalue weighted by molar-refractivity contribution is 0.0698. The molecule has 0 bridgehead atoms. The second-order valence-corrected chi connectivity index (χ2v) is 7.09. The molecule has 0 aromatic rings. The predicted molar refractivity (Wildman–Crippen MR) is 74.2 cm³/mol. The van der Waals surface area contributed by atoms with Crippen molar-refractivity contribution in [1.29, 1.82) is 0 Å². The second-order valence-electron chi connectivity index (χ2n) is 5.16. The van der Waals surface area contributed by atoms with Crippen LogP contribution in [0.25, 0.3) is 0 Å². The maximum absolute atomic E-state index is 12.6. The normalized spacial score (nSPS) is 23.9. The van der Waals surface area contributed by atoms with Crippen LogP contribution in [0.3, 0.4) is 0 Å². The number of nitrogens with zero attached hydrogens (tertiary/aromatic N) is 2. The van der Waals surface area contributed by atoms with Crippen molar-refractivity contribution in [3.8, 4) is 0 Å². The number of morpholine rings is 1. The highest BCUT2D eigenvalue weighted by Gasteiger charge is 2.31. The molecule has 19 heavy (non-hydrogen) atoms. The maximum Gasteiger partial charge on any atom is 0.282 e. The summed E-state index contributed by atoms with van der Waals surface area (Å²) in [6.07, 6.45) is 2.13. The molecule has 2 saturated heterocycles. The molecule has 0 aliphatic carbocycles. The van der Waals surface area contributed by atoms with E-state index >= 15 is 0 Å². The first-order valence-electron chi connectivity index (χ1n) is 7.18. The Morgan fingerprint density at radius 2 is 1.89 bits per heavy atom. The predicted octanol–water partition coefficient (Wildman–Crippen LogP) is -0.115. The number of hydrogen-bond donors (Lipinski definition) is 1. The summed E-state index contributed by atoms with van der Waals surface area (Å²) >= 11 is 0. The van der Waals surface area contributed by atoms with Gasteiger partial charge in [0, 0.05) is 26.2 Å². The van der Waals surface area contributed by atoms with Gasteiger partial charge in [0.1, 0.15) is 0 Å². The van der Waals surface area contributed by atoms with Gasteiger partial charge in [-0.15, -0.1) is 0 Å². The largest absolute Gasteiger partial charge is 0.379 e. The molecule has 6 nitrogen and oxygen atoms in total. The van der Waals surface area contributed by atoms with Gasteiger partial charge < -0.3 is 10.1 Å². The molecule has 112 valence electrons. The van der Waals surface area contributed by atoms with E-state index < -0.39 is 10.2 Å². The number of rotatable bonds is 5. The van der Waals surface area contributed by atoms with Crippen LogP contribution in [0.2, 0.25) is 0 Å². The van der Waals surface area contributed by atoms with Crippen LogP contribution < -0.4 is 5.32 Å².